The Balaban J connectivity index is 2.04. The monoisotopic (exact) mass is 283 g/mol. The first kappa shape index (κ1) is 14.5. The zero-order chi connectivity index (χ0) is 13.7. The van der Waals surface area contributed by atoms with E-state index in [9.17, 15) is 0 Å². The average molecular weight is 284 g/mol. The Labute approximate surface area is 120 Å². The van der Waals surface area contributed by atoms with Crippen LogP contribution in [0.4, 0.5) is 0 Å². The molecule has 1 N–H and O–H groups in total. The van der Waals surface area contributed by atoms with Crippen molar-refractivity contribution in [2.45, 2.75) is 45.2 Å². The number of unbranched alkanes of at least 4 members (excludes halogenated alkanes) is 1. The molecule has 2 rings (SSSR count). The molecule has 0 radical (unpaired) electrons. The molecule has 1 aliphatic rings. The molecule has 106 valence electrons. The van der Waals surface area contributed by atoms with Gasteiger partial charge in [-0.1, -0.05) is 24.9 Å². The largest absolute Gasteiger partial charge is 0.493 e. The van der Waals surface area contributed by atoms with Crippen LogP contribution in [-0.2, 0) is 6.54 Å². The molecule has 0 heterocycles. The molecule has 0 bridgehead atoms. The highest BCUT2D eigenvalue weighted by molar-refractivity contribution is 6.32. The number of ether oxygens (including phenoxy) is 2. The molecule has 19 heavy (non-hydrogen) atoms. The lowest BCUT2D eigenvalue weighted by Crippen LogP contribution is -2.15. The first-order chi connectivity index (χ1) is 9.24. The fourth-order valence-electron chi connectivity index (χ4n) is 1.88. The van der Waals surface area contributed by atoms with Gasteiger partial charge in [-0.15, -0.1) is 0 Å². The molecule has 0 aliphatic heterocycles. The predicted molar refractivity (Wildman–Crippen MR) is 78.3 cm³/mol. The summed E-state index contributed by atoms with van der Waals surface area (Å²) >= 11 is 6.29. The number of rotatable bonds is 8. The van der Waals surface area contributed by atoms with Gasteiger partial charge in [0.05, 0.1) is 18.7 Å². The van der Waals surface area contributed by atoms with Crippen molar-refractivity contribution in [3.63, 3.8) is 0 Å². The summed E-state index contributed by atoms with van der Waals surface area (Å²) in [7, 11) is 1.65. The van der Waals surface area contributed by atoms with E-state index in [1.807, 2.05) is 12.1 Å². The van der Waals surface area contributed by atoms with Gasteiger partial charge in [-0.25, -0.2) is 0 Å². The van der Waals surface area contributed by atoms with Crippen LogP contribution in [0, 0.1) is 0 Å². The van der Waals surface area contributed by atoms with Crippen LogP contribution in [0.3, 0.4) is 0 Å². The fraction of sp³-hybridized carbons (Fsp3) is 0.600. The van der Waals surface area contributed by atoms with Crippen molar-refractivity contribution in [2.75, 3.05) is 13.7 Å². The van der Waals surface area contributed by atoms with Crippen molar-refractivity contribution < 1.29 is 9.47 Å². The molecule has 0 atom stereocenters. The van der Waals surface area contributed by atoms with Crippen LogP contribution in [0.25, 0.3) is 0 Å². The van der Waals surface area contributed by atoms with Crippen molar-refractivity contribution in [1.29, 1.82) is 0 Å². The molecule has 1 fully saturated rings. The van der Waals surface area contributed by atoms with Crippen LogP contribution < -0.4 is 14.8 Å². The first-order valence-corrected chi connectivity index (χ1v) is 7.35. The zero-order valence-electron chi connectivity index (χ0n) is 11.7. The summed E-state index contributed by atoms with van der Waals surface area (Å²) in [5, 5.41) is 4.10. The van der Waals surface area contributed by atoms with Crippen LogP contribution in [0.2, 0.25) is 5.02 Å². The Hall–Kier alpha value is -0.930. The quantitative estimate of drug-likeness (QED) is 0.737. The maximum absolute atomic E-state index is 6.29. The number of hydrogen-bond donors (Lipinski definition) is 1. The van der Waals surface area contributed by atoms with Crippen molar-refractivity contribution in [3.8, 4) is 11.5 Å². The standard InChI is InChI=1S/C15H22ClNO2/c1-3-4-7-19-15-13(16)8-11(9-14(15)18-2)10-17-12-5-6-12/h8-9,12,17H,3-7,10H2,1-2H3. The van der Waals surface area contributed by atoms with E-state index < -0.39 is 0 Å². The van der Waals surface area contributed by atoms with Gasteiger partial charge in [-0.2, -0.15) is 0 Å². The molecule has 0 amide bonds. The third-order valence-electron chi connectivity index (χ3n) is 3.21. The lowest BCUT2D eigenvalue weighted by atomic mass is 10.2. The minimum atomic E-state index is 0.628. The van der Waals surface area contributed by atoms with Crippen molar-refractivity contribution >= 4 is 11.6 Å². The topological polar surface area (TPSA) is 30.5 Å². The summed E-state index contributed by atoms with van der Waals surface area (Å²) in [4.78, 5) is 0. The van der Waals surface area contributed by atoms with E-state index in [-0.39, 0.29) is 0 Å². The summed E-state index contributed by atoms with van der Waals surface area (Å²) in [6, 6.07) is 4.65. The van der Waals surface area contributed by atoms with E-state index in [1.165, 1.54) is 12.8 Å². The smallest absolute Gasteiger partial charge is 0.179 e. The lowest BCUT2D eigenvalue weighted by molar-refractivity contribution is 0.288. The molecular weight excluding hydrogens is 262 g/mol. The Bertz CT molecular complexity index is 419. The molecule has 0 aromatic heterocycles. The van der Waals surface area contributed by atoms with E-state index in [2.05, 4.69) is 12.2 Å². The zero-order valence-corrected chi connectivity index (χ0v) is 12.4. The number of hydrogen-bond acceptors (Lipinski definition) is 3. The average Bonchev–Trinajstić information content (AvgIpc) is 3.22. The van der Waals surface area contributed by atoms with E-state index in [0.717, 1.165) is 30.7 Å². The van der Waals surface area contributed by atoms with Crippen LogP contribution in [0.5, 0.6) is 11.5 Å². The molecule has 1 aromatic carbocycles. The summed E-state index contributed by atoms with van der Waals surface area (Å²) < 4.78 is 11.1. The lowest BCUT2D eigenvalue weighted by Gasteiger charge is -2.14. The summed E-state index contributed by atoms with van der Waals surface area (Å²) in [5.74, 6) is 1.38. The highest BCUT2D eigenvalue weighted by Gasteiger charge is 2.20. The molecule has 4 heteroatoms. The Kier molecular flexibility index (Phi) is 5.34. The van der Waals surface area contributed by atoms with E-state index in [1.54, 1.807) is 7.11 Å². The molecule has 0 saturated heterocycles. The van der Waals surface area contributed by atoms with Gasteiger partial charge in [-0.3, -0.25) is 0 Å². The Morgan fingerprint density at radius 1 is 1.37 bits per heavy atom. The summed E-state index contributed by atoms with van der Waals surface area (Å²) in [6.45, 7) is 3.64. The number of methoxy groups -OCH3 is 1. The maximum Gasteiger partial charge on any atom is 0.179 e. The van der Waals surface area contributed by atoms with Gasteiger partial charge in [0.15, 0.2) is 11.5 Å². The maximum atomic E-state index is 6.29. The van der Waals surface area contributed by atoms with Gasteiger partial charge in [0.25, 0.3) is 0 Å². The van der Waals surface area contributed by atoms with Gasteiger partial charge in [-0.05, 0) is 37.0 Å². The normalized spacial score (nSPS) is 14.5. The van der Waals surface area contributed by atoms with Crippen LogP contribution >= 0.6 is 11.6 Å². The van der Waals surface area contributed by atoms with Gasteiger partial charge in [0.2, 0.25) is 0 Å². The molecule has 1 aliphatic carbocycles. The van der Waals surface area contributed by atoms with E-state index in [0.29, 0.717) is 23.4 Å². The second-order valence-corrected chi connectivity index (χ2v) is 5.37. The molecular formula is C15H22ClNO2. The molecule has 0 unspecified atom stereocenters. The minimum absolute atomic E-state index is 0.628. The van der Waals surface area contributed by atoms with Gasteiger partial charge < -0.3 is 14.8 Å². The van der Waals surface area contributed by atoms with Crippen molar-refractivity contribution in [3.05, 3.63) is 22.7 Å². The fourth-order valence-corrected chi connectivity index (χ4v) is 2.17. The Morgan fingerprint density at radius 2 is 2.16 bits per heavy atom. The number of nitrogens with one attached hydrogen (secondary N) is 1. The minimum Gasteiger partial charge on any atom is -0.493 e. The van der Waals surface area contributed by atoms with E-state index >= 15 is 0 Å². The molecule has 3 nitrogen and oxygen atoms in total. The van der Waals surface area contributed by atoms with E-state index in [4.69, 9.17) is 21.1 Å². The predicted octanol–water partition coefficient (Wildman–Crippen LogP) is 3.78. The second kappa shape index (κ2) is 7.01. The first-order valence-electron chi connectivity index (χ1n) is 6.97. The van der Waals surface area contributed by atoms with Crippen LogP contribution in [0.1, 0.15) is 38.2 Å². The molecule has 0 spiro atoms. The van der Waals surface area contributed by atoms with Crippen LogP contribution in [0.15, 0.2) is 12.1 Å². The molecule has 1 aromatic rings. The number of halogens is 1. The van der Waals surface area contributed by atoms with Crippen molar-refractivity contribution in [1.82, 2.24) is 5.32 Å². The highest BCUT2D eigenvalue weighted by Crippen LogP contribution is 2.36. The van der Waals surface area contributed by atoms with Crippen LogP contribution in [-0.4, -0.2) is 19.8 Å². The summed E-state index contributed by atoms with van der Waals surface area (Å²) in [5.41, 5.74) is 1.14. The second-order valence-electron chi connectivity index (χ2n) is 4.97. The van der Waals surface area contributed by atoms with Crippen molar-refractivity contribution in [2.24, 2.45) is 0 Å². The third-order valence-corrected chi connectivity index (χ3v) is 3.49. The molecule has 1 saturated carbocycles. The SMILES string of the molecule is CCCCOc1c(Cl)cc(CNC2CC2)cc1OC. The highest BCUT2D eigenvalue weighted by atomic mass is 35.5. The van der Waals surface area contributed by atoms with Gasteiger partial charge >= 0.3 is 0 Å². The Morgan fingerprint density at radius 3 is 2.79 bits per heavy atom. The number of benzene rings is 1. The van der Waals surface area contributed by atoms with Gasteiger partial charge in [0, 0.05) is 12.6 Å². The summed E-state index contributed by atoms with van der Waals surface area (Å²) in [6.07, 6.45) is 4.68. The third kappa shape index (κ3) is 4.29. The van der Waals surface area contributed by atoms with Gasteiger partial charge in [0.1, 0.15) is 0 Å².